The van der Waals surface area contributed by atoms with Gasteiger partial charge in [-0.2, -0.15) is 13.9 Å². The number of carboxylic acids is 1. The van der Waals surface area contributed by atoms with Crippen molar-refractivity contribution in [3.05, 3.63) is 58.9 Å². The molecule has 0 radical (unpaired) electrons. The molecule has 0 bridgehead atoms. The number of hydrogen-bond donors (Lipinski definition) is 1. The number of nitrogens with zero attached hydrogens (tertiary/aromatic N) is 2. The Morgan fingerprint density at radius 1 is 1.24 bits per heavy atom. The number of benzene rings is 2. The number of aliphatic carboxylic acids is 1. The maximum Gasteiger partial charge on any atom is 0.388 e. The van der Waals surface area contributed by atoms with E-state index >= 15 is 4.39 Å². The molecule has 0 spiro atoms. The summed E-state index contributed by atoms with van der Waals surface area (Å²) in [6.07, 6.45) is 0.318. The Morgan fingerprint density at radius 3 is 2.50 bits per heavy atom. The quantitative estimate of drug-likeness (QED) is 0.406. The largest absolute Gasteiger partial charge is 0.489 e. The molecule has 182 valence electrons. The van der Waals surface area contributed by atoms with Gasteiger partial charge in [-0.3, -0.25) is 0 Å². The zero-order valence-electron chi connectivity index (χ0n) is 18.5. The van der Waals surface area contributed by atoms with Crippen molar-refractivity contribution >= 4 is 17.6 Å². The van der Waals surface area contributed by atoms with Crippen molar-refractivity contribution in [1.82, 2.24) is 9.78 Å². The van der Waals surface area contributed by atoms with Crippen LogP contribution in [0.5, 0.6) is 17.4 Å². The first-order chi connectivity index (χ1) is 16.1. The van der Waals surface area contributed by atoms with Crippen molar-refractivity contribution < 1.29 is 37.3 Å². The number of aromatic nitrogens is 2. The lowest BCUT2D eigenvalue weighted by Crippen LogP contribution is -2.47. The Bertz CT molecular complexity index is 1170. The topological polar surface area (TPSA) is 82.8 Å². The predicted molar refractivity (Wildman–Crippen MR) is 118 cm³/mol. The van der Waals surface area contributed by atoms with Crippen molar-refractivity contribution in [3.8, 4) is 28.6 Å². The maximum absolute atomic E-state index is 15.2. The van der Waals surface area contributed by atoms with Crippen LogP contribution in [0, 0.1) is 5.82 Å². The van der Waals surface area contributed by atoms with Crippen LogP contribution in [-0.4, -0.2) is 39.7 Å². The van der Waals surface area contributed by atoms with Crippen molar-refractivity contribution in [3.63, 3.8) is 0 Å². The minimum absolute atomic E-state index is 0.00102. The van der Waals surface area contributed by atoms with E-state index in [0.717, 1.165) is 10.7 Å². The molecular formula is C23H22ClF3N2O5. The average molecular weight is 499 g/mol. The van der Waals surface area contributed by atoms with Crippen LogP contribution in [0.4, 0.5) is 13.2 Å². The van der Waals surface area contributed by atoms with Gasteiger partial charge in [0, 0.05) is 18.7 Å². The van der Waals surface area contributed by atoms with Crippen molar-refractivity contribution in [2.24, 2.45) is 7.05 Å². The summed E-state index contributed by atoms with van der Waals surface area (Å²) < 4.78 is 57.1. The summed E-state index contributed by atoms with van der Waals surface area (Å²) in [5, 5.41) is 13.4. The normalized spacial score (nSPS) is 12.9. The zero-order chi connectivity index (χ0) is 25.0. The summed E-state index contributed by atoms with van der Waals surface area (Å²) in [4.78, 5) is 11.9. The standard InChI is InChI=1S/C23H22ClF3N2O5/c1-4-13-10-15(32-12-23(2,21(30)31)34-14-8-6-5-7-9-14)11-16(25)17(13)19-18(24)20(29(3)28-19)33-22(26)27/h5-11,22H,4,12H2,1-3H3,(H,30,31). The minimum Gasteiger partial charge on any atom is -0.489 e. The van der Waals surface area contributed by atoms with Crippen molar-refractivity contribution in [1.29, 1.82) is 0 Å². The molecular weight excluding hydrogens is 477 g/mol. The van der Waals surface area contributed by atoms with Gasteiger partial charge in [-0.1, -0.05) is 36.7 Å². The highest BCUT2D eigenvalue weighted by atomic mass is 35.5. The van der Waals surface area contributed by atoms with Crippen LogP contribution >= 0.6 is 11.6 Å². The van der Waals surface area contributed by atoms with Gasteiger partial charge < -0.3 is 19.3 Å². The monoisotopic (exact) mass is 498 g/mol. The highest BCUT2D eigenvalue weighted by Crippen LogP contribution is 2.39. The molecule has 1 aromatic heterocycles. The van der Waals surface area contributed by atoms with Gasteiger partial charge in [0.05, 0.1) is 0 Å². The molecule has 1 atom stereocenters. The number of ether oxygens (including phenoxy) is 3. The lowest BCUT2D eigenvalue weighted by atomic mass is 10.0. The molecule has 0 aliphatic carbocycles. The van der Waals surface area contributed by atoms with Crippen LogP contribution in [0.25, 0.3) is 11.3 Å². The Balaban J connectivity index is 1.90. The van der Waals surface area contributed by atoms with Gasteiger partial charge in [0.15, 0.2) is 0 Å². The van der Waals surface area contributed by atoms with Gasteiger partial charge in [-0.05, 0) is 37.1 Å². The number of carboxylic acid groups (broad SMARTS) is 1. The second-order valence-electron chi connectivity index (χ2n) is 7.50. The molecule has 11 heteroatoms. The zero-order valence-corrected chi connectivity index (χ0v) is 19.3. The number of hydrogen-bond acceptors (Lipinski definition) is 5. The maximum atomic E-state index is 15.2. The molecule has 1 heterocycles. The summed E-state index contributed by atoms with van der Waals surface area (Å²) in [7, 11) is 1.34. The van der Waals surface area contributed by atoms with E-state index in [-0.39, 0.29) is 22.0 Å². The molecule has 3 aromatic rings. The average Bonchev–Trinajstić information content (AvgIpc) is 3.05. The van der Waals surface area contributed by atoms with E-state index in [1.165, 1.54) is 20.0 Å². The summed E-state index contributed by atoms with van der Waals surface area (Å²) in [6, 6.07) is 10.9. The Kier molecular flexibility index (Phi) is 7.61. The second kappa shape index (κ2) is 10.3. The molecule has 0 saturated heterocycles. The molecule has 1 N–H and O–H groups in total. The first kappa shape index (κ1) is 25.2. The van der Waals surface area contributed by atoms with Gasteiger partial charge in [-0.25, -0.2) is 13.9 Å². The molecule has 0 aliphatic rings. The third-order valence-corrected chi connectivity index (χ3v) is 5.30. The number of alkyl halides is 2. The third-order valence-electron chi connectivity index (χ3n) is 4.96. The number of halogens is 4. The fourth-order valence-corrected chi connectivity index (χ4v) is 3.52. The summed E-state index contributed by atoms with van der Waals surface area (Å²) in [6.45, 7) is -0.467. The number of aryl methyl sites for hydroxylation is 2. The van der Waals surface area contributed by atoms with Gasteiger partial charge in [0.25, 0.3) is 0 Å². The van der Waals surface area contributed by atoms with Crippen molar-refractivity contribution in [2.75, 3.05) is 6.61 Å². The Labute approximate surface area is 198 Å². The summed E-state index contributed by atoms with van der Waals surface area (Å²) in [5.41, 5.74) is -1.40. The third kappa shape index (κ3) is 5.39. The molecule has 2 aromatic carbocycles. The number of rotatable bonds is 10. The van der Waals surface area contributed by atoms with Gasteiger partial charge in [-0.15, -0.1) is 0 Å². The van der Waals surface area contributed by atoms with E-state index in [1.807, 2.05) is 0 Å². The smallest absolute Gasteiger partial charge is 0.388 e. The molecule has 0 aliphatic heterocycles. The van der Waals surface area contributed by atoms with E-state index in [0.29, 0.717) is 17.7 Å². The van der Waals surface area contributed by atoms with E-state index in [4.69, 9.17) is 21.1 Å². The van der Waals surface area contributed by atoms with Crippen LogP contribution in [0.15, 0.2) is 42.5 Å². The van der Waals surface area contributed by atoms with E-state index in [1.54, 1.807) is 37.3 Å². The van der Waals surface area contributed by atoms with E-state index in [9.17, 15) is 18.7 Å². The van der Waals surface area contributed by atoms with Gasteiger partial charge >= 0.3 is 12.6 Å². The molecule has 0 fully saturated rings. The molecule has 0 saturated carbocycles. The molecule has 7 nitrogen and oxygen atoms in total. The fraction of sp³-hybridized carbons (Fsp3) is 0.304. The van der Waals surface area contributed by atoms with Crippen LogP contribution in [0.2, 0.25) is 5.02 Å². The summed E-state index contributed by atoms with van der Waals surface area (Å²) in [5.74, 6) is -2.06. The van der Waals surface area contributed by atoms with E-state index in [2.05, 4.69) is 9.84 Å². The number of carbonyl (C=O) groups is 1. The highest BCUT2D eigenvalue weighted by Gasteiger charge is 2.37. The second-order valence-corrected chi connectivity index (χ2v) is 7.88. The Morgan fingerprint density at radius 2 is 1.91 bits per heavy atom. The molecule has 0 amide bonds. The first-order valence-electron chi connectivity index (χ1n) is 10.2. The lowest BCUT2D eigenvalue weighted by molar-refractivity contribution is -0.156. The first-order valence-corrected chi connectivity index (χ1v) is 10.5. The SMILES string of the molecule is CCc1cc(OCC(C)(Oc2ccccc2)C(=O)O)cc(F)c1-c1nn(C)c(OC(F)F)c1Cl. The van der Waals surface area contributed by atoms with Gasteiger partial charge in [0.2, 0.25) is 11.5 Å². The molecule has 3 rings (SSSR count). The van der Waals surface area contributed by atoms with Crippen LogP contribution < -0.4 is 14.2 Å². The van der Waals surface area contributed by atoms with Crippen LogP contribution in [-0.2, 0) is 18.3 Å². The fourth-order valence-electron chi connectivity index (χ4n) is 3.22. The molecule has 34 heavy (non-hydrogen) atoms. The van der Waals surface area contributed by atoms with Crippen LogP contribution in [0.3, 0.4) is 0 Å². The highest BCUT2D eigenvalue weighted by molar-refractivity contribution is 6.34. The Hall–Kier alpha value is -3.40. The summed E-state index contributed by atoms with van der Waals surface area (Å²) >= 11 is 6.16. The van der Waals surface area contributed by atoms with E-state index < -0.39 is 36.5 Å². The lowest BCUT2D eigenvalue weighted by Gasteiger charge is -2.26. The minimum atomic E-state index is -3.13. The number of para-hydroxylation sites is 1. The van der Waals surface area contributed by atoms with Crippen molar-refractivity contribution in [2.45, 2.75) is 32.5 Å². The van der Waals surface area contributed by atoms with Crippen LogP contribution in [0.1, 0.15) is 19.4 Å². The van der Waals surface area contributed by atoms with Gasteiger partial charge in [0.1, 0.15) is 34.6 Å². The predicted octanol–water partition coefficient (Wildman–Crippen LogP) is 5.34. The molecule has 1 unspecified atom stereocenters.